The second-order valence-electron chi connectivity index (χ2n) is 7.14. The molecule has 0 amide bonds. The second-order valence-corrected chi connectivity index (χ2v) is 8.31. The van der Waals surface area contributed by atoms with Crippen LogP contribution >= 0.6 is 35.4 Å². The van der Waals surface area contributed by atoms with E-state index in [2.05, 4.69) is 15.2 Å². The first kappa shape index (κ1) is 20.1. The van der Waals surface area contributed by atoms with Crippen LogP contribution in [0.25, 0.3) is 11.3 Å². The zero-order valence-electron chi connectivity index (χ0n) is 16.2. The van der Waals surface area contributed by atoms with Crippen LogP contribution < -0.4 is 10.2 Å². The van der Waals surface area contributed by atoms with E-state index in [4.69, 9.17) is 39.8 Å². The lowest BCUT2D eigenvalue weighted by molar-refractivity contribution is 0.439. The molecule has 2 aromatic heterocycles. The van der Waals surface area contributed by atoms with Gasteiger partial charge in [-0.2, -0.15) is 0 Å². The largest absolute Gasteiger partial charge is 0.459 e. The molecule has 0 aliphatic carbocycles. The molecule has 0 unspecified atom stereocenters. The van der Waals surface area contributed by atoms with Gasteiger partial charge in [0, 0.05) is 17.4 Å². The Kier molecular flexibility index (Phi) is 5.40. The van der Waals surface area contributed by atoms with Crippen LogP contribution in [0.1, 0.15) is 23.5 Å². The van der Waals surface area contributed by atoms with Gasteiger partial charge in [0.25, 0.3) is 0 Å². The van der Waals surface area contributed by atoms with Gasteiger partial charge in [-0.15, -0.1) is 0 Å². The molecule has 5 rings (SSSR count). The standard InChI is InChI=1S/C24H17Cl2N3OS/c25-17-10-6-9-16(21(17)26)19-12-13-20(30-19)23-22(18-11-4-5-14-27-18)28-24(31)29(23)15-7-2-1-3-8-15/h1-14,22-23H,(H,28,31)/t22-,23-/m1/s1. The first-order valence-electron chi connectivity index (χ1n) is 9.73. The minimum absolute atomic E-state index is 0.178. The average molecular weight is 466 g/mol. The molecule has 1 fully saturated rings. The third kappa shape index (κ3) is 3.69. The highest BCUT2D eigenvalue weighted by Gasteiger charge is 2.42. The van der Waals surface area contributed by atoms with Gasteiger partial charge in [-0.25, -0.2) is 0 Å². The Bertz CT molecular complexity index is 1230. The Hall–Kier alpha value is -2.86. The molecule has 1 aliphatic heterocycles. The van der Waals surface area contributed by atoms with E-state index in [9.17, 15) is 0 Å². The summed E-state index contributed by atoms with van der Waals surface area (Å²) in [6.45, 7) is 0. The summed E-state index contributed by atoms with van der Waals surface area (Å²) in [6.07, 6.45) is 1.78. The van der Waals surface area contributed by atoms with E-state index in [0.29, 0.717) is 20.9 Å². The molecule has 0 bridgehead atoms. The molecule has 2 aromatic carbocycles. The molecule has 154 valence electrons. The van der Waals surface area contributed by atoms with E-state index < -0.39 is 0 Å². The second kappa shape index (κ2) is 8.35. The maximum atomic E-state index is 6.42. The van der Waals surface area contributed by atoms with E-state index in [1.54, 1.807) is 12.3 Å². The van der Waals surface area contributed by atoms with Gasteiger partial charge < -0.3 is 14.6 Å². The number of anilines is 1. The van der Waals surface area contributed by atoms with Crippen molar-refractivity contribution in [3.05, 3.63) is 107 Å². The van der Waals surface area contributed by atoms with Gasteiger partial charge in [-0.3, -0.25) is 4.98 Å². The number of rotatable bonds is 4. The van der Waals surface area contributed by atoms with Crippen molar-refractivity contribution in [2.24, 2.45) is 0 Å². The van der Waals surface area contributed by atoms with Crippen LogP contribution in [-0.2, 0) is 0 Å². The van der Waals surface area contributed by atoms with Gasteiger partial charge in [0.05, 0.1) is 21.8 Å². The van der Waals surface area contributed by atoms with Crippen molar-refractivity contribution in [3.63, 3.8) is 0 Å². The molecule has 7 heteroatoms. The van der Waals surface area contributed by atoms with Gasteiger partial charge in [-0.05, 0) is 60.7 Å². The quantitative estimate of drug-likeness (QED) is 0.334. The van der Waals surface area contributed by atoms with Gasteiger partial charge >= 0.3 is 0 Å². The zero-order valence-corrected chi connectivity index (χ0v) is 18.5. The Balaban J connectivity index is 1.61. The Morgan fingerprint density at radius 2 is 1.71 bits per heavy atom. The summed E-state index contributed by atoms with van der Waals surface area (Å²) in [6, 6.07) is 24.8. The lowest BCUT2D eigenvalue weighted by atomic mass is 10.0. The molecule has 0 radical (unpaired) electrons. The predicted molar refractivity (Wildman–Crippen MR) is 129 cm³/mol. The fourth-order valence-electron chi connectivity index (χ4n) is 3.86. The molecular formula is C24H17Cl2N3OS. The van der Waals surface area contributed by atoms with Crippen molar-refractivity contribution in [1.29, 1.82) is 0 Å². The molecular weight excluding hydrogens is 449 g/mol. The van der Waals surface area contributed by atoms with Gasteiger partial charge in [0.15, 0.2) is 5.11 Å². The van der Waals surface area contributed by atoms with Crippen molar-refractivity contribution >= 4 is 46.2 Å². The highest BCUT2D eigenvalue weighted by atomic mass is 35.5. The summed E-state index contributed by atoms with van der Waals surface area (Å²) < 4.78 is 6.33. The predicted octanol–water partition coefficient (Wildman–Crippen LogP) is 6.83. The molecule has 2 atom stereocenters. The number of aromatic nitrogens is 1. The van der Waals surface area contributed by atoms with Crippen LogP contribution in [0, 0.1) is 0 Å². The SMILES string of the molecule is S=C1N[C@H](c2ccccn2)[C@@H](c2ccc(-c3cccc(Cl)c3Cl)o2)N1c1ccccc1. The topological polar surface area (TPSA) is 41.3 Å². The van der Waals surface area contributed by atoms with Crippen LogP contribution in [0.15, 0.2) is 89.5 Å². The monoisotopic (exact) mass is 465 g/mol. The highest BCUT2D eigenvalue weighted by Crippen LogP contribution is 2.43. The molecule has 31 heavy (non-hydrogen) atoms. The first-order chi connectivity index (χ1) is 15.1. The average Bonchev–Trinajstić information content (AvgIpc) is 3.41. The lowest BCUT2D eigenvalue weighted by Crippen LogP contribution is -2.29. The molecule has 1 aliphatic rings. The number of nitrogens with one attached hydrogen (secondary N) is 1. The van der Waals surface area contributed by atoms with Gasteiger partial charge in [0.1, 0.15) is 17.6 Å². The summed E-state index contributed by atoms with van der Waals surface area (Å²) >= 11 is 18.4. The van der Waals surface area contributed by atoms with E-state index in [0.717, 1.165) is 22.7 Å². The highest BCUT2D eigenvalue weighted by molar-refractivity contribution is 7.80. The summed E-state index contributed by atoms with van der Waals surface area (Å²) in [5, 5.41) is 4.99. The minimum Gasteiger partial charge on any atom is -0.459 e. The summed E-state index contributed by atoms with van der Waals surface area (Å²) in [5.41, 5.74) is 2.60. The van der Waals surface area contributed by atoms with Crippen molar-refractivity contribution in [1.82, 2.24) is 10.3 Å². The van der Waals surface area contributed by atoms with Crippen molar-refractivity contribution < 1.29 is 4.42 Å². The molecule has 1 saturated heterocycles. The molecule has 0 saturated carbocycles. The van der Waals surface area contributed by atoms with E-state index in [1.165, 1.54) is 0 Å². The number of nitrogens with zero attached hydrogens (tertiary/aromatic N) is 2. The van der Waals surface area contributed by atoms with Crippen molar-refractivity contribution in [3.8, 4) is 11.3 Å². The zero-order chi connectivity index (χ0) is 21.4. The summed E-state index contributed by atoms with van der Waals surface area (Å²) in [4.78, 5) is 6.63. The summed E-state index contributed by atoms with van der Waals surface area (Å²) in [7, 11) is 0. The fourth-order valence-corrected chi connectivity index (χ4v) is 4.60. The molecule has 3 heterocycles. The third-order valence-electron chi connectivity index (χ3n) is 5.27. The maximum Gasteiger partial charge on any atom is 0.174 e. The third-order valence-corrected chi connectivity index (χ3v) is 6.40. The van der Waals surface area contributed by atoms with E-state index in [-0.39, 0.29) is 12.1 Å². The minimum atomic E-state index is -0.225. The Labute approximate surface area is 195 Å². The molecule has 4 nitrogen and oxygen atoms in total. The summed E-state index contributed by atoms with van der Waals surface area (Å²) in [5.74, 6) is 1.39. The van der Waals surface area contributed by atoms with Crippen LogP contribution in [0.4, 0.5) is 5.69 Å². The molecule has 0 spiro atoms. The molecule has 1 N–H and O–H groups in total. The number of furan rings is 1. The number of hydrogen-bond acceptors (Lipinski definition) is 3. The van der Waals surface area contributed by atoms with E-state index in [1.807, 2.05) is 72.8 Å². The molecule has 4 aromatic rings. The van der Waals surface area contributed by atoms with Crippen LogP contribution in [0.5, 0.6) is 0 Å². The number of pyridine rings is 1. The first-order valence-corrected chi connectivity index (χ1v) is 10.9. The Morgan fingerprint density at radius 3 is 2.48 bits per heavy atom. The number of para-hydroxylation sites is 1. The van der Waals surface area contributed by atoms with Crippen LogP contribution in [-0.4, -0.2) is 10.1 Å². The number of halogens is 2. The normalized spacial score (nSPS) is 18.3. The number of thiocarbonyl (C=S) groups is 1. The fraction of sp³-hybridized carbons (Fsp3) is 0.0833. The van der Waals surface area contributed by atoms with Crippen molar-refractivity contribution in [2.45, 2.75) is 12.1 Å². The van der Waals surface area contributed by atoms with E-state index >= 15 is 0 Å². The maximum absolute atomic E-state index is 6.42. The number of hydrogen-bond donors (Lipinski definition) is 1. The van der Waals surface area contributed by atoms with Gasteiger partial charge in [-0.1, -0.05) is 53.5 Å². The number of benzene rings is 2. The smallest absolute Gasteiger partial charge is 0.174 e. The van der Waals surface area contributed by atoms with Crippen LogP contribution in [0.2, 0.25) is 10.0 Å². The Morgan fingerprint density at radius 1 is 0.903 bits per heavy atom. The lowest BCUT2D eigenvalue weighted by Gasteiger charge is -2.26. The van der Waals surface area contributed by atoms with Crippen LogP contribution in [0.3, 0.4) is 0 Å². The van der Waals surface area contributed by atoms with Crippen molar-refractivity contribution in [2.75, 3.05) is 4.90 Å². The van der Waals surface area contributed by atoms with Gasteiger partial charge in [0.2, 0.25) is 0 Å².